The second-order valence-corrected chi connectivity index (χ2v) is 6.08. The van der Waals surface area contributed by atoms with Gasteiger partial charge < -0.3 is 5.11 Å². The standard InChI is InChI=1S/C16H24F3NO/c1-11(2)9-20(12(3)4)10-15(21)13-6-5-7-14(8-13)16(17,18)19/h5-8,11-12,15,21H,9-10H2,1-4H3. The Morgan fingerprint density at radius 1 is 1.10 bits per heavy atom. The molecule has 0 spiro atoms. The van der Waals surface area contributed by atoms with Gasteiger partial charge in [-0.15, -0.1) is 0 Å². The SMILES string of the molecule is CC(C)CN(CC(O)c1cccc(C(F)(F)F)c1)C(C)C. The van der Waals surface area contributed by atoms with Gasteiger partial charge >= 0.3 is 6.18 Å². The highest BCUT2D eigenvalue weighted by Crippen LogP contribution is 2.31. The molecule has 1 aromatic rings. The quantitative estimate of drug-likeness (QED) is 0.855. The molecule has 0 amide bonds. The third kappa shape index (κ3) is 5.67. The molecule has 21 heavy (non-hydrogen) atoms. The van der Waals surface area contributed by atoms with Crippen molar-refractivity contribution in [3.8, 4) is 0 Å². The van der Waals surface area contributed by atoms with Crippen LogP contribution in [0.15, 0.2) is 24.3 Å². The van der Waals surface area contributed by atoms with E-state index in [-0.39, 0.29) is 6.04 Å². The summed E-state index contributed by atoms with van der Waals surface area (Å²) in [6.45, 7) is 9.31. The van der Waals surface area contributed by atoms with Crippen LogP contribution in [0.25, 0.3) is 0 Å². The molecule has 0 aromatic heterocycles. The first-order valence-corrected chi connectivity index (χ1v) is 7.20. The van der Waals surface area contributed by atoms with Gasteiger partial charge in [0.2, 0.25) is 0 Å². The summed E-state index contributed by atoms with van der Waals surface area (Å²) in [6.07, 6.45) is -5.31. The number of hydrogen-bond donors (Lipinski definition) is 1. The lowest BCUT2D eigenvalue weighted by Crippen LogP contribution is -2.37. The Kier molecular flexibility index (Phi) is 6.23. The molecule has 0 aliphatic heterocycles. The van der Waals surface area contributed by atoms with Crippen molar-refractivity contribution in [2.24, 2.45) is 5.92 Å². The van der Waals surface area contributed by atoms with Gasteiger partial charge in [0.25, 0.3) is 0 Å². The van der Waals surface area contributed by atoms with Crippen molar-refractivity contribution in [2.45, 2.75) is 46.0 Å². The van der Waals surface area contributed by atoms with Crippen molar-refractivity contribution >= 4 is 0 Å². The van der Waals surface area contributed by atoms with Crippen LogP contribution in [0.5, 0.6) is 0 Å². The van der Waals surface area contributed by atoms with E-state index < -0.39 is 17.8 Å². The molecular formula is C16H24F3NO. The van der Waals surface area contributed by atoms with E-state index in [1.54, 1.807) is 0 Å². The summed E-state index contributed by atoms with van der Waals surface area (Å²) in [5.41, 5.74) is -0.418. The molecule has 1 aromatic carbocycles. The maximum atomic E-state index is 12.7. The van der Waals surface area contributed by atoms with Crippen LogP contribution >= 0.6 is 0 Å². The Labute approximate surface area is 124 Å². The zero-order chi connectivity index (χ0) is 16.2. The van der Waals surface area contributed by atoms with Crippen LogP contribution in [0.4, 0.5) is 13.2 Å². The zero-order valence-electron chi connectivity index (χ0n) is 13.0. The Morgan fingerprint density at radius 2 is 1.71 bits per heavy atom. The highest BCUT2D eigenvalue weighted by atomic mass is 19.4. The molecule has 0 heterocycles. The van der Waals surface area contributed by atoms with Gasteiger partial charge in [-0.3, -0.25) is 4.90 Å². The second-order valence-electron chi connectivity index (χ2n) is 6.08. The summed E-state index contributed by atoms with van der Waals surface area (Å²) < 4.78 is 38.1. The predicted octanol–water partition coefficient (Wildman–Crippen LogP) is 4.11. The number of hydrogen-bond acceptors (Lipinski definition) is 2. The van der Waals surface area contributed by atoms with Gasteiger partial charge in [0.1, 0.15) is 0 Å². The number of aliphatic hydroxyl groups is 1. The van der Waals surface area contributed by atoms with Gasteiger partial charge in [-0.05, 0) is 37.5 Å². The molecule has 5 heteroatoms. The highest BCUT2D eigenvalue weighted by Gasteiger charge is 2.31. The number of alkyl halides is 3. The summed E-state index contributed by atoms with van der Waals surface area (Å²) >= 11 is 0. The van der Waals surface area contributed by atoms with Gasteiger partial charge in [-0.1, -0.05) is 26.0 Å². The lowest BCUT2D eigenvalue weighted by molar-refractivity contribution is -0.137. The Hall–Kier alpha value is -1.07. The maximum absolute atomic E-state index is 12.7. The van der Waals surface area contributed by atoms with Crippen LogP contribution in [0.1, 0.15) is 44.9 Å². The fourth-order valence-electron chi connectivity index (χ4n) is 2.21. The summed E-state index contributed by atoms with van der Waals surface area (Å²) in [4.78, 5) is 2.08. The Bertz CT molecular complexity index is 443. The third-order valence-electron chi connectivity index (χ3n) is 3.34. The average molecular weight is 303 g/mol. The summed E-state index contributed by atoms with van der Waals surface area (Å²) in [6, 6.07) is 5.15. The van der Waals surface area contributed by atoms with Crippen LogP contribution in [-0.2, 0) is 6.18 Å². The van der Waals surface area contributed by atoms with Crippen LogP contribution in [0.2, 0.25) is 0 Å². The molecule has 1 N–H and O–H groups in total. The van der Waals surface area contributed by atoms with Gasteiger partial charge in [-0.2, -0.15) is 13.2 Å². The number of halogens is 3. The normalized spacial score (nSPS) is 14.2. The average Bonchev–Trinajstić information content (AvgIpc) is 2.36. The summed E-state index contributed by atoms with van der Waals surface area (Å²) in [5, 5.41) is 10.2. The highest BCUT2D eigenvalue weighted by molar-refractivity contribution is 5.27. The zero-order valence-corrected chi connectivity index (χ0v) is 13.0. The van der Waals surface area contributed by atoms with Gasteiger partial charge in [-0.25, -0.2) is 0 Å². The molecular weight excluding hydrogens is 279 g/mol. The van der Waals surface area contributed by atoms with E-state index in [0.29, 0.717) is 18.0 Å². The maximum Gasteiger partial charge on any atom is 0.416 e. The van der Waals surface area contributed by atoms with Crippen molar-refractivity contribution in [2.75, 3.05) is 13.1 Å². The van der Waals surface area contributed by atoms with Crippen LogP contribution in [0, 0.1) is 5.92 Å². The number of nitrogens with zero attached hydrogens (tertiary/aromatic N) is 1. The van der Waals surface area contributed by atoms with Crippen LogP contribution < -0.4 is 0 Å². The molecule has 1 rings (SSSR count). The molecule has 0 saturated carbocycles. The Morgan fingerprint density at radius 3 is 2.19 bits per heavy atom. The molecule has 0 aliphatic rings. The molecule has 1 atom stereocenters. The smallest absolute Gasteiger partial charge is 0.387 e. The molecule has 1 unspecified atom stereocenters. The predicted molar refractivity (Wildman–Crippen MR) is 78.0 cm³/mol. The molecule has 0 saturated heterocycles. The summed E-state index contributed by atoms with van der Waals surface area (Å²) in [5.74, 6) is 0.432. The number of benzene rings is 1. The number of aliphatic hydroxyl groups excluding tert-OH is 1. The van der Waals surface area contributed by atoms with E-state index in [1.165, 1.54) is 12.1 Å². The minimum absolute atomic E-state index is 0.229. The molecule has 0 radical (unpaired) electrons. The molecule has 0 fully saturated rings. The van der Waals surface area contributed by atoms with E-state index in [1.807, 2.05) is 13.8 Å². The number of rotatable bonds is 6. The van der Waals surface area contributed by atoms with Gasteiger partial charge in [0.05, 0.1) is 11.7 Å². The van der Waals surface area contributed by atoms with Crippen molar-refractivity contribution in [1.82, 2.24) is 4.90 Å². The van der Waals surface area contributed by atoms with E-state index in [9.17, 15) is 18.3 Å². The van der Waals surface area contributed by atoms with E-state index in [0.717, 1.165) is 18.7 Å². The monoisotopic (exact) mass is 303 g/mol. The third-order valence-corrected chi connectivity index (χ3v) is 3.34. The first-order chi connectivity index (χ1) is 9.61. The first-order valence-electron chi connectivity index (χ1n) is 7.20. The van der Waals surface area contributed by atoms with E-state index in [4.69, 9.17) is 0 Å². The fraction of sp³-hybridized carbons (Fsp3) is 0.625. The molecule has 0 bridgehead atoms. The second kappa shape index (κ2) is 7.27. The van der Waals surface area contributed by atoms with Gasteiger partial charge in [0.15, 0.2) is 0 Å². The van der Waals surface area contributed by atoms with Crippen molar-refractivity contribution < 1.29 is 18.3 Å². The van der Waals surface area contributed by atoms with Crippen molar-refractivity contribution in [3.05, 3.63) is 35.4 Å². The van der Waals surface area contributed by atoms with E-state index >= 15 is 0 Å². The lowest BCUT2D eigenvalue weighted by atomic mass is 10.0. The van der Waals surface area contributed by atoms with E-state index in [2.05, 4.69) is 18.7 Å². The lowest BCUT2D eigenvalue weighted by Gasteiger charge is -2.30. The minimum atomic E-state index is -4.38. The fourth-order valence-corrected chi connectivity index (χ4v) is 2.21. The van der Waals surface area contributed by atoms with Crippen LogP contribution in [-0.4, -0.2) is 29.1 Å². The Balaban J connectivity index is 2.85. The molecule has 0 aliphatic carbocycles. The molecule has 2 nitrogen and oxygen atoms in total. The summed E-state index contributed by atoms with van der Waals surface area (Å²) in [7, 11) is 0. The van der Waals surface area contributed by atoms with Crippen LogP contribution in [0.3, 0.4) is 0 Å². The largest absolute Gasteiger partial charge is 0.416 e. The first kappa shape index (κ1) is 18.0. The van der Waals surface area contributed by atoms with Gasteiger partial charge in [0, 0.05) is 19.1 Å². The molecule has 120 valence electrons. The van der Waals surface area contributed by atoms with Crippen molar-refractivity contribution in [1.29, 1.82) is 0 Å². The topological polar surface area (TPSA) is 23.5 Å². The van der Waals surface area contributed by atoms with Crippen molar-refractivity contribution in [3.63, 3.8) is 0 Å². The minimum Gasteiger partial charge on any atom is -0.387 e.